The van der Waals surface area contributed by atoms with E-state index in [4.69, 9.17) is 5.73 Å². The molecule has 5 heteroatoms. The molecule has 0 radical (unpaired) electrons. The predicted molar refractivity (Wildman–Crippen MR) is 87.2 cm³/mol. The largest absolute Gasteiger partial charge is 0.386 e. The van der Waals surface area contributed by atoms with Crippen molar-refractivity contribution in [1.82, 2.24) is 9.88 Å². The SMILES string of the molecule is C.N[C@@H](C(=O)N1CCCC1)[C@@H](O)c1cnc2ccccc2c1. The average Bonchev–Trinajstić information content (AvgIpc) is 3.06. The molecular formula is C17H23N3O2. The van der Waals surface area contributed by atoms with E-state index in [0.29, 0.717) is 5.56 Å². The molecule has 118 valence electrons. The lowest BCUT2D eigenvalue weighted by molar-refractivity contribution is -0.134. The predicted octanol–water partition coefficient (Wildman–Crippen LogP) is 1.85. The molecule has 5 nitrogen and oxygen atoms in total. The summed E-state index contributed by atoms with van der Waals surface area (Å²) in [5.41, 5.74) is 7.38. The molecule has 1 aliphatic rings. The van der Waals surface area contributed by atoms with Gasteiger partial charge in [-0.05, 0) is 25.0 Å². The summed E-state index contributed by atoms with van der Waals surface area (Å²) < 4.78 is 0. The Morgan fingerprint density at radius 1 is 1.27 bits per heavy atom. The van der Waals surface area contributed by atoms with Crippen LogP contribution in [0.5, 0.6) is 0 Å². The Morgan fingerprint density at radius 3 is 2.68 bits per heavy atom. The number of aromatic nitrogens is 1. The van der Waals surface area contributed by atoms with Crippen molar-refractivity contribution >= 4 is 16.8 Å². The van der Waals surface area contributed by atoms with Crippen LogP contribution in [0.4, 0.5) is 0 Å². The van der Waals surface area contributed by atoms with Gasteiger partial charge in [0.2, 0.25) is 5.91 Å². The van der Waals surface area contributed by atoms with Crippen LogP contribution in [0.25, 0.3) is 10.9 Å². The molecule has 0 saturated carbocycles. The second-order valence-corrected chi connectivity index (χ2v) is 5.46. The van der Waals surface area contributed by atoms with Crippen molar-refractivity contribution in [2.75, 3.05) is 13.1 Å². The second kappa shape index (κ2) is 6.85. The van der Waals surface area contributed by atoms with Gasteiger partial charge >= 0.3 is 0 Å². The fraction of sp³-hybridized carbons (Fsp3) is 0.412. The maximum atomic E-state index is 12.2. The first kappa shape index (κ1) is 16.4. The first-order valence-electron chi connectivity index (χ1n) is 7.24. The summed E-state index contributed by atoms with van der Waals surface area (Å²) in [6.45, 7) is 1.46. The van der Waals surface area contributed by atoms with Crippen LogP contribution < -0.4 is 5.73 Å². The number of para-hydroxylation sites is 1. The Labute approximate surface area is 130 Å². The Balaban J connectivity index is 0.00000176. The highest BCUT2D eigenvalue weighted by Crippen LogP contribution is 2.21. The Bertz CT molecular complexity index is 653. The zero-order chi connectivity index (χ0) is 14.8. The Kier molecular flexibility index (Phi) is 5.11. The van der Waals surface area contributed by atoms with E-state index in [1.54, 1.807) is 11.1 Å². The number of likely N-dealkylation sites (tertiary alicyclic amines) is 1. The minimum atomic E-state index is -1.03. The summed E-state index contributed by atoms with van der Waals surface area (Å²) in [6, 6.07) is 8.55. The highest BCUT2D eigenvalue weighted by Gasteiger charge is 2.30. The third kappa shape index (κ3) is 3.10. The van der Waals surface area contributed by atoms with E-state index in [0.717, 1.165) is 36.8 Å². The van der Waals surface area contributed by atoms with E-state index in [2.05, 4.69) is 4.98 Å². The Morgan fingerprint density at radius 2 is 1.95 bits per heavy atom. The fourth-order valence-electron chi connectivity index (χ4n) is 2.74. The number of benzene rings is 1. The molecule has 1 saturated heterocycles. The Hall–Kier alpha value is -1.98. The highest BCUT2D eigenvalue weighted by atomic mass is 16.3. The lowest BCUT2D eigenvalue weighted by atomic mass is 10.0. The molecule has 2 aromatic rings. The molecule has 2 atom stereocenters. The number of rotatable bonds is 3. The number of carbonyl (C=O) groups excluding carboxylic acids is 1. The maximum Gasteiger partial charge on any atom is 0.242 e. The van der Waals surface area contributed by atoms with Gasteiger partial charge in [-0.15, -0.1) is 0 Å². The van der Waals surface area contributed by atoms with Gasteiger partial charge < -0.3 is 15.7 Å². The van der Waals surface area contributed by atoms with Crippen molar-refractivity contribution < 1.29 is 9.90 Å². The van der Waals surface area contributed by atoms with Crippen LogP contribution in [-0.2, 0) is 4.79 Å². The van der Waals surface area contributed by atoms with E-state index in [9.17, 15) is 9.90 Å². The lowest BCUT2D eigenvalue weighted by Gasteiger charge is -2.24. The molecule has 0 bridgehead atoms. The fourth-order valence-corrected chi connectivity index (χ4v) is 2.74. The van der Waals surface area contributed by atoms with E-state index >= 15 is 0 Å². The molecule has 22 heavy (non-hydrogen) atoms. The minimum Gasteiger partial charge on any atom is -0.386 e. The van der Waals surface area contributed by atoms with Gasteiger partial charge in [0.05, 0.1) is 5.52 Å². The lowest BCUT2D eigenvalue weighted by Crippen LogP contribution is -2.45. The van der Waals surface area contributed by atoms with Crippen LogP contribution >= 0.6 is 0 Å². The number of fused-ring (bicyclic) bond motifs is 1. The third-order valence-corrected chi connectivity index (χ3v) is 4.00. The highest BCUT2D eigenvalue weighted by molar-refractivity contribution is 5.83. The van der Waals surface area contributed by atoms with Crippen molar-refractivity contribution in [3.8, 4) is 0 Å². The maximum absolute atomic E-state index is 12.2. The molecule has 1 aromatic carbocycles. The zero-order valence-electron chi connectivity index (χ0n) is 11.8. The van der Waals surface area contributed by atoms with Crippen molar-refractivity contribution in [3.05, 3.63) is 42.1 Å². The summed E-state index contributed by atoms with van der Waals surface area (Å²) in [5.74, 6) is -0.187. The van der Waals surface area contributed by atoms with Crippen molar-refractivity contribution in [2.45, 2.75) is 32.4 Å². The third-order valence-electron chi connectivity index (χ3n) is 4.00. The number of hydrogen-bond acceptors (Lipinski definition) is 4. The minimum absolute atomic E-state index is 0. The summed E-state index contributed by atoms with van der Waals surface area (Å²) in [7, 11) is 0. The van der Waals surface area contributed by atoms with Crippen LogP contribution in [0, 0.1) is 0 Å². The number of hydrogen-bond donors (Lipinski definition) is 2. The number of carbonyl (C=O) groups is 1. The van der Waals surface area contributed by atoms with Gasteiger partial charge in [-0.25, -0.2) is 0 Å². The molecule has 0 unspecified atom stereocenters. The van der Waals surface area contributed by atoms with Crippen molar-refractivity contribution in [3.63, 3.8) is 0 Å². The second-order valence-electron chi connectivity index (χ2n) is 5.46. The van der Waals surface area contributed by atoms with Crippen LogP contribution in [0.15, 0.2) is 36.5 Å². The van der Waals surface area contributed by atoms with Gasteiger partial charge in [-0.3, -0.25) is 9.78 Å². The topological polar surface area (TPSA) is 79.5 Å². The molecule has 1 fully saturated rings. The van der Waals surface area contributed by atoms with Gasteiger partial charge in [-0.2, -0.15) is 0 Å². The van der Waals surface area contributed by atoms with E-state index in [1.165, 1.54) is 0 Å². The average molecular weight is 301 g/mol. The van der Waals surface area contributed by atoms with Crippen molar-refractivity contribution in [2.24, 2.45) is 5.73 Å². The smallest absolute Gasteiger partial charge is 0.242 e. The van der Waals surface area contributed by atoms with Crippen LogP contribution in [0.1, 0.15) is 31.9 Å². The summed E-state index contributed by atoms with van der Waals surface area (Å²) in [5, 5.41) is 11.3. The molecule has 0 aliphatic carbocycles. The van der Waals surface area contributed by atoms with Gasteiger partial charge in [0, 0.05) is 30.2 Å². The van der Waals surface area contributed by atoms with Gasteiger partial charge in [0.15, 0.2) is 0 Å². The normalized spacial score (nSPS) is 17.1. The van der Waals surface area contributed by atoms with Gasteiger partial charge in [0.25, 0.3) is 0 Å². The number of nitrogens with zero attached hydrogens (tertiary/aromatic N) is 2. The quantitative estimate of drug-likeness (QED) is 0.907. The summed E-state index contributed by atoms with van der Waals surface area (Å²) in [4.78, 5) is 18.3. The summed E-state index contributed by atoms with van der Waals surface area (Å²) in [6.07, 6.45) is 2.57. The molecule has 1 aromatic heterocycles. The first-order valence-corrected chi connectivity index (χ1v) is 7.24. The van der Waals surface area contributed by atoms with Gasteiger partial charge in [-0.1, -0.05) is 25.6 Å². The number of amides is 1. The first-order chi connectivity index (χ1) is 10.2. The van der Waals surface area contributed by atoms with E-state index in [-0.39, 0.29) is 13.3 Å². The van der Waals surface area contributed by atoms with Crippen LogP contribution in [0.3, 0.4) is 0 Å². The van der Waals surface area contributed by atoms with Crippen molar-refractivity contribution in [1.29, 1.82) is 0 Å². The van der Waals surface area contributed by atoms with Crippen LogP contribution in [0.2, 0.25) is 0 Å². The summed E-state index contributed by atoms with van der Waals surface area (Å²) >= 11 is 0. The molecule has 1 aliphatic heterocycles. The molecule has 0 spiro atoms. The monoisotopic (exact) mass is 301 g/mol. The number of aliphatic hydroxyl groups is 1. The molecule has 3 rings (SSSR count). The van der Waals surface area contributed by atoms with E-state index < -0.39 is 12.1 Å². The molecular weight excluding hydrogens is 278 g/mol. The zero-order valence-corrected chi connectivity index (χ0v) is 11.8. The molecule has 2 heterocycles. The number of nitrogens with two attached hydrogens (primary N) is 1. The molecule has 3 N–H and O–H groups in total. The molecule has 1 amide bonds. The standard InChI is InChI=1S/C16H19N3O2.CH4/c17-14(16(21)19-7-3-4-8-19)15(20)12-9-11-5-1-2-6-13(11)18-10-12;/h1-2,5-6,9-10,14-15,20H,3-4,7-8,17H2;1H4/t14-,15+;/m1./s1. The van der Waals surface area contributed by atoms with Gasteiger partial charge in [0.1, 0.15) is 12.1 Å². The van der Waals surface area contributed by atoms with Crippen LogP contribution in [-0.4, -0.2) is 40.0 Å². The number of aliphatic hydroxyl groups excluding tert-OH is 1. The van der Waals surface area contributed by atoms with E-state index in [1.807, 2.05) is 30.3 Å². The number of pyridine rings is 1.